The van der Waals surface area contributed by atoms with Gasteiger partial charge in [-0.05, 0) is 84.7 Å². The molecule has 2 aromatic carbocycles. The van der Waals surface area contributed by atoms with Gasteiger partial charge in [-0.15, -0.1) is 0 Å². The van der Waals surface area contributed by atoms with E-state index in [-0.39, 0.29) is 0 Å². The van der Waals surface area contributed by atoms with E-state index in [0.717, 1.165) is 59.8 Å². The summed E-state index contributed by atoms with van der Waals surface area (Å²) >= 11 is 0. The number of hydrogen-bond donors (Lipinski definition) is 4. The van der Waals surface area contributed by atoms with Gasteiger partial charge in [-0.25, -0.2) is 9.97 Å². The minimum Gasteiger partial charge on any atom is -0.341 e. The molecular formula is C34H40N6. The number of benzene rings is 2. The molecule has 2 aromatic heterocycles. The molecule has 4 fully saturated rings. The van der Waals surface area contributed by atoms with Gasteiger partial charge in [0.2, 0.25) is 0 Å². The fourth-order valence-corrected chi connectivity index (χ4v) is 7.05. The molecule has 0 amide bonds. The van der Waals surface area contributed by atoms with Crippen molar-refractivity contribution in [3.8, 4) is 33.6 Å². The van der Waals surface area contributed by atoms with Crippen molar-refractivity contribution in [3.63, 3.8) is 0 Å². The van der Waals surface area contributed by atoms with E-state index in [1.165, 1.54) is 73.6 Å². The average molecular weight is 533 g/mol. The maximum atomic E-state index is 4.74. The van der Waals surface area contributed by atoms with E-state index in [4.69, 9.17) is 9.97 Å². The lowest BCUT2D eigenvalue weighted by Crippen LogP contribution is -2.15. The van der Waals surface area contributed by atoms with E-state index < -0.39 is 0 Å². The molecule has 8 rings (SSSR count). The Balaban J connectivity index is 0.901. The lowest BCUT2D eigenvalue weighted by atomic mass is 9.99. The van der Waals surface area contributed by atoms with Crippen LogP contribution in [0, 0.1) is 23.7 Å². The Labute approximate surface area is 236 Å². The molecule has 6 nitrogen and oxygen atoms in total. The van der Waals surface area contributed by atoms with E-state index in [0.29, 0.717) is 12.1 Å². The van der Waals surface area contributed by atoms with Crippen LogP contribution in [-0.4, -0.2) is 33.0 Å². The summed E-state index contributed by atoms with van der Waals surface area (Å²) in [6.45, 7) is 2.26. The van der Waals surface area contributed by atoms with Gasteiger partial charge in [0.15, 0.2) is 0 Å². The van der Waals surface area contributed by atoms with Gasteiger partial charge in [0.25, 0.3) is 0 Å². The maximum Gasteiger partial charge on any atom is 0.123 e. The largest absolute Gasteiger partial charge is 0.341 e. The number of nitrogens with one attached hydrogen (secondary N) is 4. The van der Waals surface area contributed by atoms with Gasteiger partial charge in [0.05, 0.1) is 35.9 Å². The zero-order valence-corrected chi connectivity index (χ0v) is 23.2. The van der Waals surface area contributed by atoms with Crippen molar-refractivity contribution in [2.75, 3.05) is 13.1 Å². The SMILES string of the molecule is c1cc(-c2cnc(C3CC(CC4CC4)CN3)[nH]2)ccc1-c1ccc(-c2cnc(C3CC(CC4CC4)CN3)[nH]2)cc1. The van der Waals surface area contributed by atoms with E-state index in [2.05, 4.69) is 69.1 Å². The van der Waals surface area contributed by atoms with Crippen molar-refractivity contribution < 1.29 is 0 Å². The number of rotatable bonds is 9. The number of H-pyrrole nitrogens is 2. The average Bonchev–Trinajstić information content (AvgIpc) is 3.66. The standard InChI is InChI=1S/C34H40N6/c1-2-21(1)13-23-15-29(35-17-23)33-37-19-31(39-33)27-9-5-25(6-10-27)26-7-11-28(12-8-26)32-20-38-34(40-32)30-16-24(18-36-30)14-22-3-4-22/h5-12,19-24,29-30,35-36H,1-4,13-18H2,(H,37,39)(H,38,40). The van der Waals surface area contributed by atoms with Gasteiger partial charge < -0.3 is 20.6 Å². The van der Waals surface area contributed by atoms with E-state index in [9.17, 15) is 0 Å². The minimum atomic E-state index is 0.361. The van der Waals surface area contributed by atoms with Crippen molar-refractivity contribution in [1.82, 2.24) is 30.6 Å². The quantitative estimate of drug-likeness (QED) is 0.186. The summed E-state index contributed by atoms with van der Waals surface area (Å²) in [6, 6.07) is 18.4. The van der Waals surface area contributed by atoms with E-state index in [1.807, 2.05) is 12.4 Å². The first-order chi connectivity index (χ1) is 19.7. The lowest BCUT2D eigenvalue weighted by molar-refractivity contribution is 0.483. The zero-order valence-electron chi connectivity index (χ0n) is 23.2. The molecule has 4 unspecified atom stereocenters. The number of hydrogen-bond acceptors (Lipinski definition) is 4. The van der Waals surface area contributed by atoms with Crippen LogP contribution >= 0.6 is 0 Å². The summed E-state index contributed by atoms with van der Waals surface area (Å²) in [7, 11) is 0. The molecule has 2 saturated heterocycles. The topological polar surface area (TPSA) is 81.4 Å². The van der Waals surface area contributed by atoms with Crippen LogP contribution in [-0.2, 0) is 0 Å². The molecule has 4 aromatic rings. The van der Waals surface area contributed by atoms with Gasteiger partial charge in [0, 0.05) is 0 Å². The highest BCUT2D eigenvalue weighted by atomic mass is 15.1. The molecule has 0 radical (unpaired) electrons. The Hall–Kier alpha value is -3.22. The zero-order chi connectivity index (χ0) is 26.5. The molecule has 4 N–H and O–H groups in total. The van der Waals surface area contributed by atoms with Gasteiger partial charge in [-0.2, -0.15) is 0 Å². The highest BCUT2D eigenvalue weighted by Gasteiger charge is 2.33. The number of aromatic nitrogens is 4. The molecule has 2 aliphatic heterocycles. The molecule has 0 bridgehead atoms. The second kappa shape index (κ2) is 10.3. The van der Waals surface area contributed by atoms with Crippen LogP contribution in [0.25, 0.3) is 33.6 Å². The summed E-state index contributed by atoms with van der Waals surface area (Å²) in [5, 5.41) is 7.38. The van der Waals surface area contributed by atoms with Crippen LogP contribution in [0.3, 0.4) is 0 Å². The molecule has 206 valence electrons. The van der Waals surface area contributed by atoms with Crippen molar-refractivity contribution in [2.24, 2.45) is 23.7 Å². The van der Waals surface area contributed by atoms with Crippen LogP contribution in [0.5, 0.6) is 0 Å². The summed E-state index contributed by atoms with van der Waals surface area (Å²) in [6.07, 6.45) is 14.9. The second-order valence-corrected chi connectivity index (χ2v) is 13.0. The first kappa shape index (κ1) is 24.6. The minimum absolute atomic E-state index is 0.361. The third-order valence-electron chi connectivity index (χ3n) is 9.75. The van der Waals surface area contributed by atoms with Crippen LogP contribution in [0.4, 0.5) is 0 Å². The Kier molecular flexibility index (Phi) is 6.33. The van der Waals surface area contributed by atoms with Crippen molar-refractivity contribution in [3.05, 3.63) is 72.6 Å². The number of aromatic amines is 2. The van der Waals surface area contributed by atoms with Gasteiger partial charge in [0.1, 0.15) is 11.6 Å². The lowest BCUT2D eigenvalue weighted by Gasteiger charge is -2.08. The van der Waals surface area contributed by atoms with Crippen molar-refractivity contribution in [1.29, 1.82) is 0 Å². The van der Waals surface area contributed by atoms with Crippen LogP contribution in [0.15, 0.2) is 60.9 Å². The monoisotopic (exact) mass is 532 g/mol. The molecule has 2 saturated carbocycles. The molecule has 4 heterocycles. The molecule has 2 aliphatic carbocycles. The van der Waals surface area contributed by atoms with Crippen molar-refractivity contribution in [2.45, 2.75) is 63.5 Å². The van der Waals surface area contributed by atoms with Crippen LogP contribution < -0.4 is 10.6 Å². The molecule has 0 spiro atoms. The third-order valence-corrected chi connectivity index (χ3v) is 9.75. The molecule has 40 heavy (non-hydrogen) atoms. The Morgan fingerprint density at radius 1 is 0.525 bits per heavy atom. The Morgan fingerprint density at radius 3 is 1.32 bits per heavy atom. The number of nitrogens with zero attached hydrogens (tertiary/aromatic N) is 2. The van der Waals surface area contributed by atoms with Crippen LogP contribution in [0.1, 0.15) is 75.1 Å². The van der Waals surface area contributed by atoms with E-state index in [1.54, 1.807) is 0 Å². The van der Waals surface area contributed by atoms with Crippen LogP contribution in [0.2, 0.25) is 0 Å². The first-order valence-corrected chi connectivity index (χ1v) is 15.5. The summed E-state index contributed by atoms with van der Waals surface area (Å²) in [5.74, 6) is 5.76. The first-order valence-electron chi connectivity index (χ1n) is 15.5. The molecule has 6 heteroatoms. The summed E-state index contributed by atoms with van der Waals surface area (Å²) in [5.41, 5.74) is 6.98. The highest BCUT2D eigenvalue weighted by Crippen LogP contribution is 2.41. The van der Waals surface area contributed by atoms with Gasteiger partial charge in [-0.3, -0.25) is 0 Å². The highest BCUT2D eigenvalue weighted by molar-refractivity contribution is 5.71. The summed E-state index contributed by atoms with van der Waals surface area (Å²) in [4.78, 5) is 16.7. The Morgan fingerprint density at radius 2 is 0.925 bits per heavy atom. The fraction of sp³-hybridized carbons (Fsp3) is 0.471. The van der Waals surface area contributed by atoms with E-state index >= 15 is 0 Å². The fourth-order valence-electron chi connectivity index (χ4n) is 7.05. The smallest absolute Gasteiger partial charge is 0.123 e. The molecule has 4 aliphatic rings. The molecule has 4 atom stereocenters. The predicted octanol–water partition coefficient (Wildman–Crippen LogP) is 7.04. The second-order valence-electron chi connectivity index (χ2n) is 13.0. The van der Waals surface area contributed by atoms with Gasteiger partial charge >= 0.3 is 0 Å². The maximum absolute atomic E-state index is 4.74. The Bertz CT molecular complexity index is 1330. The molecular weight excluding hydrogens is 492 g/mol. The normalized spacial score (nSPS) is 26.5. The summed E-state index contributed by atoms with van der Waals surface area (Å²) < 4.78 is 0. The third kappa shape index (κ3) is 5.27. The predicted molar refractivity (Wildman–Crippen MR) is 159 cm³/mol. The van der Waals surface area contributed by atoms with Crippen molar-refractivity contribution >= 4 is 0 Å². The van der Waals surface area contributed by atoms with Gasteiger partial charge in [-0.1, -0.05) is 74.2 Å². The number of imidazole rings is 2.